The molecule has 0 N–H and O–H groups in total. The molecule has 0 aliphatic carbocycles. The second-order valence-electron chi connectivity index (χ2n) is 6.11. The minimum atomic E-state index is 0.686. The highest BCUT2D eigenvalue weighted by molar-refractivity contribution is 5.79. The van der Waals surface area contributed by atoms with Gasteiger partial charge in [0.25, 0.3) is 0 Å². The van der Waals surface area contributed by atoms with Crippen LogP contribution < -0.4 is 0 Å². The topological polar surface area (TPSA) is 35.6 Å². The quantitative estimate of drug-likeness (QED) is 0.713. The number of hydrogen-bond donors (Lipinski definition) is 0. The van der Waals surface area contributed by atoms with Crippen molar-refractivity contribution in [1.29, 1.82) is 0 Å². The first-order valence-electron chi connectivity index (χ1n) is 7.75. The molecule has 0 fully saturated rings. The van der Waals surface area contributed by atoms with E-state index in [2.05, 4.69) is 48.6 Å². The SMILES string of the molecule is CC(C)CCn1cc(-c2cn(C)nc2-c2ccccc2)cn1. The van der Waals surface area contributed by atoms with Crippen LogP contribution in [0.15, 0.2) is 48.9 Å². The Hall–Kier alpha value is -2.36. The lowest BCUT2D eigenvalue weighted by atomic mass is 10.0. The molecule has 4 heteroatoms. The summed E-state index contributed by atoms with van der Waals surface area (Å²) in [6.45, 7) is 5.43. The lowest BCUT2D eigenvalue weighted by Gasteiger charge is -2.04. The van der Waals surface area contributed by atoms with Crippen LogP contribution in [0.2, 0.25) is 0 Å². The molecule has 3 rings (SSSR count). The first-order valence-corrected chi connectivity index (χ1v) is 7.75. The third kappa shape index (κ3) is 3.11. The first kappa shape index (κ1) is 14.6. The molecule has 3 aromatic rings. The fraction of sp³-hybridized carbons (Fsp3) is 0.333. The van der Waals surface area contributed by atoms with Crippen molar-refractivity contribution in [3.63, 3.8) is 0 Å². The highest BCUT2D eigenvalue weighted by Gasteiger charge is 2.13. The van der Waals surface area contributed by atoms with Crippen LogP contribution in [0.3, 0.4) is 0 Å². The number of nitrogens with zero attached hydrogens (tertiary/aromatic N) is 4. The van der Waals surface area contributed by atoms with Crippen molar-refractivity contribution in [2.24, 2.45) is 13.0 Å². The molecule has 4 nitrogen and oxygen atoms in total. The van der Waals surface area contributed by atoms with Crippen LogP contribution >= 0.6 is 0 Å². The van der Waals surface area contributed by atoms with E-state index < -0.39 is 0 Å². The standard InChI is InChI=1S/C18H22N4/c1-14(2)9-10-22-12-16(11-19-22)17-13-21(3)20-18(17)15-7-5-4-6-8-15/h4-8,11-14H,9-10H2,1-3H3. The van der Waals surface area contributed by atoms with Gasteiger partial charge in [0, 0.05) is 42.7 Å². The maximum Gasteiger partial charge on any atom is 0.100 e. The largest absolute Gasteiger partial charge is 0.275 e. The summed E-state index contributed by atoms with van der Waals surface area (Å²) in [5.41, 5.74) is 4.39. The second-order valence-corrected chi connectivity index (χ2v) is 6.11. The van der Waals surface area contributed by atoms with Crippen LogP contribution in [0, 0.1) is 5.92 Å². The van der Waals surface area contributed by atoms with E-state index >= 15 is 0 Å². The van der Waals surface area contributed by atoms with E-state index in [1.165, 1.54) is 0 Å². The summed E-state index contributed by atoms with van der Waals surface area (Å²) in [5, 5.41) is 9.11. The molecule has 114 valence electrons. The fourth-order valence-electron chi connectivity index (χ4n) is 2.52. The molecule has 0 spiro atoms. The van der Waals surface area contributed by atoms with Crippen molar-refractivity contribution in [3.8, 4) is 22.4 Å². The van der Waals surface area contributed by atoms with E-state index in [9.17, 15) is 0 Å². The Bertz CT molecular complexity index is 738. The van der Waals surface area contributed by atoms with Crippen LogP contribution in [0.4, 0.5) is 0 Å². The summed E-state index contributed by atoms with van der Waals surface area (Å²) < 4.78 is 3.89. The third-order valence-electron chi connectivity index (χ3n) is 3.76. The lowest BCUT2D eigenvalue weighted by molar-refractivity contribution is 0.487. The lowest BCUT2D eigenvalue weighted by Crippen LogP contribution is -2.01. The van der Waals surface area contributed by atoms with E-state index in [4.69, 9.17) is 0 Å². The molecule has 0 unspecified atom stereocenters. The Kier molecular flexibility index (Phi) is 4.09. The molecule has 1 aromatic carbocycles. The van der Waals surface area contributed by atoms with Gasteiger partial charge in [0.15, 0.2) is 0 Å². The Morgan fingerprint density at radius 1 is 1.05 bits per heavy atom. The smallest absolute Gasteiger partial charge is 0.100 e. The average Bonchev–Trinajstić information content (AvgIpc) is 3.12. The van der Waals surface area contributed by atoms with E-state index in [-0.39, 0.29) is 0 Å². The zero-order valence-corrected chi connectivity index (χ0v) is 13.4. The minimum absolute atomic E-state index is 0.686. The predicted octanol–water partition coefficient (Wildman–Crippen LogP) is 4.00. The Labute approximate surface area is 131 Å². The monoisotopic (exact) mass is 294 g/mol. The molecular formula is C18H22N4. The number of hydrogen-bond acceptors (Lipinski definition) is 2. The molecule has 0 aliphatic rings. The summed E-state index contributed by atoms with van der Waals surface area (Å²) in [6, 6.07) is 10.3. The molecule has 0 saturated carbocycles. The van der Waals surface area contributed by atoms with Gasteiger partial charge in [-0.2, -0.15) is 10.2 Å². The van der Waals surface area contributed by atoms with Crippen molar-refractivity contribution >= 4 is 0 Å². The summed E-state index contributed by atoms with van der Waals surface area (Å²) in [5.74, 6) is 0.686. The zero-order valence-electron chi connectivity index (χ0n) is 13.4. The Balaban J connectivity index is 1.92. The van der Waals surface area contributed by atoms with Gasteiger partial charge in [-0.1, -0.05) is 44.2 Å². The number of aromatic nitrogens is 4. The Morgan fingerprint density at radius 3 is 2.55 bits per heavy atom. The van der Waals surface area contributed by atoms with Gasteiger partial charge in [-0.25, -0.2) is 0 Å². The fourth-order valence-corrected chi connectivity index (χ4v) is 2.52. The maximum absolute atomic E-state index is 4.62. The summed E-state index contributed by atoms with van der Waals surface area (Å²) in [4.78, 5) is 0. The molecule has 0 atom stereocenters. The van der Waals surface area contributed by atoms with Gasteiger partial charge in [-0.3, -0.25) is 9.36 Å². The van der Waals surface area contributed by atoms with Gasteiger partial charge in [0.1, 0.15) is 5.69 Å². The van der Waals surface area contributed by atoms with E-state index in [0.717, 1.165) is 35.3 Å². The predicted molar refractivity (Wildman–Crippen MR) is 89.3 cm³/mol. The minimum Gasteiger partial charge on any atom is -0.275 e. The van der Waals surface area contributed by atoms with Gasteiger partial charge < -0.3 is 0 Å². The summed E-state index contributed by atoms with van der Waals surface area (Å²) >= 11 is 0. The number of benzene rings is 1. The van der Waals surface area contributed by atoms with Crippen LogP contribution in [-0.4, -0.2) is 19.6 Å². The van der Waals surface area contributed by atoms with Crippen molar-refractivity contribution in [2.75, 3.05) is 0 Å². The van der Waals surface area contributed by atoms with Crippen molar-refractivity contribution in [1.82, 2.24) is 19.6 Å². The van der Waals surface area contributed by atoms with Gasteiger partial charge in [0.05, 0.1) is 6.20 Å². The maximum atomic E-state index is 4.62. The zero-order chi connectivity index (χ0) is 15.5. The molecule has 0 bridgehead atoms. The normalized spacial score (nSPS) is 11.3. The van der Waals surface area contributed by atoms with Gasteiger partial charge in [0.2, 0.25) is 0 Å². The van der Waals surface area contributed by atoms with Crippen molar-refractivity contribution in [3.05, 3.63) is 48.9 Å². The molecule has 2 aromatic heterocycles. The summed E-state index contributed by atoms with van der Waals surface area (Å²) in [6.07, 6.45) is 7.25. The highest BCUT2D eigenvalue weighted by atomic mass is 15.3. The molecule has 0 amide bonds. The van der Waals surface area contributed by atoms with E-state index in [1.54, 1.807) is 0 Å². The molecule has 0 radical (unpaired) electrons. The molecular weight excluding hydrogens is 272 g/mol. The first-order chi connectivity index (χ1) is 10.6. The van der Waals surface area contributed by atoms with Gasteiger partial charge in [-0.05, 0) is 12.3 Å². The van der Waals surface area contributed by atoms with Crippen molar-refractivity contribution in [2.45, 2.75) is 26.8 Å². The average molecular weight is 294 g/mol. The number of rotatable bonds is 5. The van der Waals surface area contributed by atoms with Crippen LogP contribution in [-0.2, 0) is 13.6 Å². The molecule has 0 aliphatic heterocycles. The number of aryl methyl sites for hydroxylation is 2. The second kappa shape index (κ2) is 6.18. The molecule has 2 heterocycles. The molecule has 22 heavy (non-hydrogen) atoms. The third-order valence-corrected chi connectivity index (χ3v) is 3.76. The van der Waals surface area contributed by atoms with E-state index in [1.807, 2.05) is 40.8 Å². The van der Waals surface area contributed by atoms with Crippen LogP contribution in [0.1, 0.15) is 20.3 Å². The van der Waals surface area contributed by atoms with Crippen molar-refractivity contribution < 1.29 is 0 Å². The molecule has 0 saturated heterocycles. The van der Waals surface area contributed by atoms with Crippen LogP contribution in [0.25, 0.3) is 22.4 Å². The highest BCUT2D eigenvalue weighted by Crippen LogP contribution is 2.30. The van der Waals surface area contributed by atoms with Crippen LogP contribution in [0.5, 0.6) is 0 Å². The van der Waals surface area contributed by atoms with Gasteiger partial charge >= 0.3 is 0 Å². The van der Waals surface area contributed by atoms with E-state index in [0.29, 0.717) is 5.92 Å². The van der Waals surface area contributed by atoms with Gasteiger partial charge in [-0.15, -0.1) is 0 Å². The Morgan fingerprint density at radius 2 is 1.82 bits per heavy atom. The summed E-state index contributed by atoms with van der Waals surface area (Å²) in [7, 11) is 1.96.